The molecule has 0 aromatic heterocycles. The van der Waals surface area contributed by atoms with E-state index in [-0.39, 0.29) is 49.8 Å². The molecule has 80 valence electrons. The van der Waals surface area contributed by atoms with Gasteiger partial charge in [-0.05, 0) is 6.92 Å². The van der Waals surface area contributed by atoms with Crippen molar-refractivity contribution >= 4 is 5.97 Å². The fourth-order valence-electron chi connectivity index (χ4n) is 0. The molecule has 0 aliphatic heterocycles. The van der Waals surface area contributed by atoms with Gasteiger partial charge >= 0.3 is 5.97 Å². The Labute approximate surface area is 84.3 Å². The number of carboxylic acids is 1. The van der Waals surface area contributed by atoms with Crippen LogP contribution in [0.1, 0.15) is 6.92 Å². The Morgan fingerprint density at radius 2 is 1.25 bits per heavy atom. The first kappa shape index (κ1) is 58.5. The van der Waals surface area contributed by atoms with Crippen LogP contribution in [0.25, 0.3) is 0 Å². The summed E-state index contributed by atoms with van der Waals surface area (Å²) in [4.78, 5) is 9.45. The third kappa shape index (κ3) is 51.1. The van der Waals surface area contributed by atoms with E-state index >= 15 is 0 Å². The molecule has 0 bridgehead atoms. The van der Waals surface area contributed by atoms with Crippen molar-refractivity contribution in [3.05, 3.63) is 0 Å². The minimum absolute atomic E-state index is 0. The zero-order valence-corrected chi connectivity index (χ0v) is 8.15. The molecule has 0 radical (unpaired) electrons. The summed E-state index contributed by atoms with van der Waals surface area (Å²) in [6.07, 6.45) is -1.23. The first-order valence-electron chi connectivity index (χ1n) is 1.55. The van der Waals surface area contributed by atoms with E-state index < -0.39 is 12.1 Å². The van der Waals surface area contributed by atoms with Gasteiger partial charge in [0.15, 0.2) is 0 Å². The van der Waals surface area contributed by atoms with E-state index in [2.05, 4.69) is 0 Å². The predicted octanol–water partition coefficient (Wildman–Crippen LogP) is -3.69. The van der Waals surface area contributed by atoms with Crippen molar-refractivity contribution in [3.8, 4) is 0 Å². The Hall–Kier alpha value is -0.0557. The molecule has 0 saturated carbocycles. The fraction of sp³-hybridized carbons (Fsp3) is 0.667. The monoisotopic (exact) mass is 227 g/mol. The van der Waals surface area contributed by atoms with E-state index in [1.54, 1.807) is 0 Å². The quantitative estimate of drug-likeness (QED) is 0.384. The summed E-state index contributed by atoms with van der Waals surface area (Å²) in [5.74, 6) is -1.19. The van der Waals surface area contributed by atoms with Gasteiger partial charge in [0.2, 0.25) is 0 Å². The van der Waals surface area contributed by atoms with E-state index in [4.69, 9.17) is 10.2 Å². The third-order valence-electron chi connectivity index (χ3n) is 0.357. The van der Waals surface area contributed by atoms with Gasteiger partial charge in [0.25, 0.3) is 0 Å². The van der Waals surface area contributed by atoms with Crippen LogP contribution < -0.4 is 6.15 Å². The van der Waals surface area contributed by atoms with Gasteiger partial charge in [-0.15, -0.1) is 0 Å². The molecule has 0 aliphatic rings. The smallest absolute Gasteiger partial charge is 0.332 e. The van der Waals surface area contributed by atoms with Crippen molar-refractivity contribution < 1.29 is 58.6 Å². The van der Waals surface area contributed by atoms with Gasteiger partial charge in [0.1, 0.15) is 6.10 Å². The molecule has 9 heteroatoms. The molecular weight excluding hydrogens is 210 g/mol. The van der Waals surface area contributed by atoms with Crippen molar-refractivity contribution in [2.45, 2.75) is 13.0 Å². The maximum Gasteiger partial charge on any atom is 0.332 e. The second-order valence-corrected chi connectivity index (χ2v) is 1.01. The first-order valence-corrected chi connectivity index (χ1v) is 1.55. The fourth-order valence-corrected chi connectivity index (χ4v) is 0. The van der Waals surface area contributed by atoms with Crippen LogP contribution in [0.5, 0.6) is 0 Å². The van der Waals surface area contributed by atoms with E-state index in [9.17, 15) is 4.79 Å². The summed E-state index contributed by atoms with van der Waals surface area (Å²) in [5, 5.41) is 15.8. The number of aliphatic hydroxyl groups excluding tert-OH is 1. The van der Waals surface area contributed by atoms with Crippen molar-refractivity contribution in [1.82, 2.24) is 6.15 Å². The van der Waals surface area contributed by atoms with Gasteiger partial charge in [-0.25, -0.2) is 4.79 Å². The summed E-state index contributed by atoms with van der Waals surface area (Å²) < 4.78 is 0. The van der Waals surface area contributed by atoms with E-state index in [0.717, 1.165) is 0 Å². The molecular formula is C3H17NO7Ti. The number of hydrogen-bond acceptors (Lipinski definition) is 3. The molecule has 12 heavy (non-hydrogen) atoms. The summed E-state index contributed by atoms with van der Waals surface area (Å²) in [7, 11) is 0. The van der Waals surface area contributed by atoms with Crippen molar-refractivity contribution in [2.75, 3.05) is 0 Å². The average molecular weight is 227 g/mol. The first-order chi connectivity index (χ1) is 2.64. The molecule has 0 spiro atoms. The minimum Gasteiger partial charge on any atom is -0.479 e. The van der Waals surface area contributed by atoms with E-state index in [1.165, 1.54) is 6.92 Å². The van der Waals surface area contributed by atoms with Crippen LogP contribution in [0.15, 0.2) is 0 Å². The number of rotatable bonds is 1. The summed E-state index contributed by atoms with van der Waals surface area (Å²) >= 11 is 0. The Morgan fingerprint density at radius 3 is 1.25 bits per heavy atom. The zero-order chi connectivity index (χ0) is 5.15. The average Bonchev–Trinajstić information content (AvgIpc) is 1.36. The number of carbonyl (C=O) groups is 1. The van der Waals surface area contributed by atoms with Gasteiger partial charge in [0, 0.05) is 21.7 Å². The van der Waals surface area contributed by atoms with E-state index in [0.29, 0.717) is 0 Å². The molecule has 0 aliphatic carbocycles. The van der Waals surface area contributed by atoms with Crippen LogP contribution in [0.4, 0.5) is 0 Å². The molecule has 0 aromatic rings. The topological polar surface area (TPSA) is 219 Å². The Morgan fingerprint density at radius 1 is 1.17 bits per heavy atom. The SMILES string of the molecule is CC(O)C(=O)O.N.O.O.O.O.[Ti]. The van der Waals surface area contributed by atoms with Gasteiger partial charge in [-0.2, -0.15) is 0 Å². The molecule has 0 amide bonds. The molecule has 1 atom stereocenters. The third-order valence-corrected chi connectivity index (χ3v) is 0.357. The van der Waals surface area contributed by atoms with Gasteiger partial charge < -0.3 is 38.3 Å². The van der Waals surface area contributed by atoms with Crippen molar-refractivity contribution in [2.24, 2.45) is 0 Å². The van der Waals surface area contributed by atoms with Gasteiger partial charge in [0.05, 0.1) is 0 Å². The number of aliphatic hydroxyl groups is 1. The standard InChI is InChI=1S/C3H6O3.H3N.4H2O.Ti/c1-2(4)3(5)6;;;;;;/h2,4H,1H3,(H,5,6);1H3;4*1H2;. The molecule has 8 nitrogen and oxygen atoms in total. The van der Waals surface area contributed by atoms with E-state index in [1.807, 2.05) is 0 Å². The normalized spacial score (nSPS) is 6.83. The Balaban J connectivity index is -0.00000000833. The maximum absolute atomic E-state index is 9.45. The van der Waals surface area contributed by atoms with Crippen molar-refractivity contribution in [1.29, 1.82) is 0 Å². The molecule has 0 heterocycles. The Kier molecular flexibility index (Phi) is 149. The van der Waals surface area contributed by atoms with Crippen molar-refractivity contribution in [3.63, 3.8) is 0 Å². The van der Waals surface area contributed by atoms with Crippen LogP contribution in [0, 0.1) is 0 Å². The summed E-state index contributed by atoms with van der Waals surface area (Å²) in [5.41, 5.74) is 0. The number of hydrogen-bond donors (Lipinski definition) is 3. The molecule has 13 N–H and O–H groups in total. The number of carboxylic acid groups (broad SMARTS) is 1. The molecule has 0 rings (SSSR count). The summed E-state index contributed by atoms with van der Waals surface area (Å²) in [6, 6.07) is 0. The predicted molar refractivity (Wildman–Crippen MR) is 38.8 cm³/mol. The van der Waals surface area contributed by atoms with Crippen LogP contribution in [0.3, 0.4) is 0 Å². The van der Waals surface area contributed by atoms with Crippen LogP contribution >= 0.6 is 0 Å². The summed E-state index contributed by atoms with van der Waals surface area (Å²) in [6.45, 7) is 1.20. The molecule has 0 fully saturated rings. The van der Waals surface area contributed by atoms with Gasteiger partial charge in [-0.3, -0.25) is 0 Å². The van der Waals surface area contributed by atoms with Crippen LogP contribution in [-0.2, 0) is 26.5 Å². The second kappa shape index (κ2) is 30.6. The largest absolute Gasteiger partial charge is 0.479 e. The maximum atomic E-state index is 9.45. The van der Waals surface area contributed by atoms with Crippen LogP contribution in [0.2, 0.25) is 0 Å². The molecule has 0 aromatic carbocycles. The minimum atomic E-state index is -1.23. The number of aliphatic carboxylic acids is 1. The molecule has 0 saturated heterocycles. The van der Waals surface area contributed by atoms with Gasteiger partial charge in [-0.1, -0.05) is 0 Å². The Bertz CT molecular complexity index is 69.7. The zero-order valence-electron chi connectivity index (χ0n) is 6.59. The van der Waals surface area contributed by atoms with Crippen LogP contribution in [-0.4, -0.2) is 44.2 Å². The molecule has 1 unspecified atom stereocenters. The second-order valence-electron chi connectivity index (χ2n) is 1.01.